The highest BCUT2D eigenvalue weighted by Gasteiger charge is 2.29. The number of aromatic hydroxyl groups is 1. The van der Waals surface area contributed by atoms with Gasteiger partial charge in [0.15, 0.2) is 0 Å². The molecule has 0 aromatic heterocycles. The molecule has 0 saturated carbocycles. The van der Waals surface area contributed by atoms with Crippen molar-refractivity contribution in [3.8, 4) is 11.8 Å². The van der Waals surface area contributed by atoms with Crippen molar-refractivity contribution in [3.63, 3.8) is 0 Å². The minimum absolute atomic E-state index is 0.0548. The maximum absolute atomic E-state index is 13.0. The van der Waals surface area contributed by atoms with Gasteiger partial charge in [0.2, 0.25) is 0 Å². The molecule has 6 heteroatoms. The van der Waals surface area contributed by atoms with E-state index in [4.69, 9.17) is 0 Å². The average molecular weight is 439 g/mol. The van der Waals surface area contributed by atoms with Crippen molar-refractivity contribution in [1.82, 2.24) is 9.80 Å². The van der Waals surface area contributed by atoms with Crippen LogP contribution in [0.1, 0.15) is 17.2 Å². The molecule has 1 aliphatic rings. The van der Waals surface area contributed by atoms with Gasteiger partial charge in [0, 0.05) is 38.1 Å². The highest BCUT2D eigenvalue weighted by atomic mass is 16.3. The van der Waals surface area contributed by atoms with Crippen LogP contribution < -0.4 is 5.32 Å². The van der Waals surface area contributed by atoms with E-state index in [9.17, 15) is 15.2 Å². The fourth-order valence-electron chi connectivity index (χ4n) is 4.09. The van der Waals surface area contributed by atoms with Crippen molar-refractivity contribution in [2.75, 3.05) is 31.5 Å². The number of hydrogen-bond donors (Lipinski definition) is 2. The smallest absolute Gasteiger partial charge is 0.266 e. The van der Waals surface area contributed by atoms with E-state index >= 15 is 0 Å². The van der Waals surface area contributed by atoms with E-state index in [0.29, 0.717) is 31.9 Å². The van der Waals surface area contributed by atoms with Gasteiger partial charge in [-0.25, -0.2) is 0 Å². The van der Waals surface area contributed by atoms with Gasteiger partial charge in [-0.05, 0) is 35.4 Å². The highest BCUT2D eigenvalue weighted by Crippen LogP contribution is 2.29. The summed E-state index contributed by atoms with van der Waals surface area (Å²) >= 11 is 0. The summed E-state index contributed by atoms with van der Waals surface area (Å²) in [5.41, 5.74) is 3.18. The highest BCUT2D eigenvalue weighted by molar-refractivity contribution is 5.97. The molecule has 0 aliphatic carbocycles. The summed E-state index contributed by atoms with van der Waals surface area (Å²) in [6, 6.07) is 29.4. The molecule has 0 radical (unpaired) electrons. The average Bonchev–Trinajstić information content (AvgIpc) is 2.87. The van der Waals surface area contributed by atoms with Gasteiger partial charge in [0.25, 0.3) is 5.91 Å². The van der Waals surface area contributed by atoms with Crippen LogP contribution in [-0.4, -0.2) is 47.0 Å². The van der Waals surface area contributed by atoms with Crippen LogP contribution in [0, 0.1) is 11.3 Å². The van der Waals surface area contributed by atoms with Gasteiger partial charge < -0.3 is 15.3 Å². The van der Waals surface area contributed by atoms with Crippen LogP contribution in [0.4, 0.5) is 5.69 Å². The van der Waals surface area contributed by atoms with Crippen molar-refractivity contribution in [2.45, 2.75) is 6.04 Å². The summed E-state index contributed by atoms with van der Waals surface area (Å²) in [7, 11) is 0. The Morgan fingerprint density at radius 3 is 1.94 bits per heavy atom. The van der Waals surface area contributed by atoms with E-state index in [0.717, 1.165) is 0 Å². The summed E-state index contributed by atoms with van der Waals surface area (Å²) in [4.78, 5) is 17.1. The van der Waals surface area contributed by atoms with Crippen molar-refractivity contribution >= 4 is 11.6 Å². The lowest BCUT2D eigenvalue weighted by molar-refractivity contribution is -0.128. The molecular formula is C27H26N4O2. The summed E-state index contributed by atoms with van der Waals surface area (Å²) in [5.74, 6) is -0.123. The molecule has 0 spiro atoms. The van der Waals surface area contributed by atoms with E-state index in [2.05, 4.69) is 58.7 Å². The Hall–Kier alpha value is -4.08. The Morgan fingerprint density at radius 2 is 1.42 bits per heavy atom. The van der Waals surface area contributed by atoms with E-state index in [1.807, 2.05) is 18.2 Å². The van der Waals surface area contributed by atoms with Crippen molar-refractivity contribution < 1.29 is 9.90 Å². The van der Waals surface area contributed by atoms with Crippen molar-refractivity contribution in [1.29, 1.82) is 5.26 Å². The second-order valence-corrected chi connectivity index (χ2v) is 7.91. The van der Waals surface area contributed by atoms with Gasteiger partial charge in [-0.1, -0.05) is 60.7 Å². The van der Waals surface area contributed by atoms with Crippen LogP contribution in [0.3, 0.4) is 0 Å². The summed E-state index contributed by atoms with van der Waals surface area (Å²) in [6.45, 7) is 2.52. The first-order valence-electron chi connectivity index (χ1n) is 10.9. The number of hydrogen-bond acceptors (Lipinski definition) is 5. The quantitative estimate of drug-likeness (QED) is 0.343. The number of nitrogens with zero attached hydrogens (tertiary/aromatic N) is 3. The molecular weight excluding hydrogens is 412 g/mol. The van der Waals surface area contributed by atoms with E-state index < -0.39 is 0 Å². The van der Waals surface area contributed by atoms with Gasteiger partial charge in [-0.3, -0.25) is 9.69 Å². The second-order valence-electron chi connectivity index (χ2n) is 7.91. The lowest BCUT2D eigenvalue weighted by atomic mass is 9.96. The molecule has 4 rings (SSSR count). The lowest BCUT2D eigenvalue weighted by Gasteiger charge is -2.39. The number of benzene rings is 3. The Morgan fingerprint density at radius 1 is 0.879 bits per heavy atom. The molecule has 3 aromatic rings. The number of nitriles is 1. The van der Waals surface area contributed by atoms with Crippen LogP contribution in [0.15, 0.2) is 96.7 Å². The third-order valence-electron chi connectivity index (χ3n) is 5.80. The molecule has 6 nitrogen and oxygen atoms in total. The standard InChI is InChI=1S/C27H26N4O2/c28-19-23(20-29-24-11-13-25(32)14-12-24)27(33)31-17-15-30(16-18-31)26(21-7-3-1-4-8-21)22-9-5-2-6-10-22/h1-14,20,26,29,32H,15-18H2/b23-20-. The zero-order valence-corrected chi connectivity index (χ0v) is 18.3. The fourth-order valence-corrected chi connectivity index (χ4v) is 4.09. The Labute approximate surface area is 194 Å². The summed E-state index contributed by atoms with van der Waals surface area (Å²) < 4.78 is 0. The van der Waals surface area contributed by atoms with Gasteiger partial charge in [0.1, 0.15) is 17.4 Å². The van der Waals surface area contributed by atoms with E-state index in [-0.39, 0.29) is 23.3 Å². The Kier molecular flexibility index (Phi) is 7.03. The number of phenols is 1. The fraction of sp³-hybridized carbons (Fsp3) is 0.185. The lowest BCUT2D eigenvalue weighted by Crippen LogP contribution is -2.50. The minimum Gasteiger partial charge on any atom is -0.508 e. The molecule has 1 saturated heterocycles. The molecule has 2 N–H and O–H groups in total. The minimum atomic E-state index is -0.278. The van der Waals surface area contributed by atoms with Crippen LogP contribution in [0.5, 0.6) is 5.75 Å². The predicted molar refractivity (Wildman–Crippen MR) is 128 cm³/mol. The number of piperazine rings is 1. The number of rotatable bonds is 6. The van der Waals surface area contributed by atoms with Gasteiger partial charge >= 0.3 is 0 Å². The second kappa shape index (κ2) is 10.5. The number of nitrogens with one attached hydrogen (secondary N) is 1. The first-order chi connectivity index (χ1) is 16.2. The van der Waals surface area contributed by atoms with Crippen LogP contribution >= 0.6 is 0 Å². The molecule has 1 fully saturated rings. The third kappa shape index (κ3) is 5.40. The van der Waals surface area contributed by atoms with E-state index in [1.165, 1.54) is 17.3 Å². The molecule has 1 heterocycles. The maximum atomic E-state index is 13.0. The SMILES string of the molecule is N#C/C(=C/Nc1ccc(O)cc1)C(=O)N1CCN(C(c2ccccc2)c2ccccc2)CC1. The molecule has 166 valence electrons. The monoisotopic (exact) mass is 438 g/mol. The topological polar surface area (TPSA) is 79.6 Å². The third-order valence-corrected chi connectivity index (χ3v) is 5.80. The zero-order valence-electron chi connectivity index (χ0n) is 18.3. The van der Waals surface area contributed by atoms with Gasteiger partial charge in [0.05, 0.1) is 6.04 Å². The van der Waals surface area contributed by atoms with Crippen molar-refractivity contribution in [3.05, 3.63) is 108 Å². The molecule has 3 aromatic carbocycles. The number of amides is 1. The Bertz CT molecular complexity index is 1090. The normalized spacial score (nSPS) is 14.7. The number of anilines is 1. The Balaban J connectivity index is 1.44. The van der Waals surface area contributed by atoms with E-state index in [1.54, 1.807) is 29.2 Å². The molecule has 0 atom stereocenters. The first-order valence-corrected chi connectivity index (χ1v) is 10.9. The number of carbonyl (C=O) groups excluding carboxylic acids is 1. The largest absolute Gasteiger partial charge is 0.508 e. The number of phenolic OH excluding ortho intramolecular Hbond substituents is 1. The first kappa shape index (κ1) is 22.1. The van der Waals surface area contributed by atoms with Crippen molar-refractivity contribution in [2.24, 2.45) is 0 Å². The molecule has 0 bridgehead atoms. The van der Waals surface area contributed by atoms with Crippen LogP contribution in [0.2, 0.25) is 0 Å². The van der Waals surface area contributed by atoms with Gasteiger partial charge in [-0.2, -0.15) is 5.26 Å². The molecule has 0 unspecified atom stereocenters. The summed E-state index contributed by atoms with van der Waals surface area (Å²) in [5, 5.41) is 21.9. The maximum Gasteiger partial charge on any atom is 0.266 e. The van der Waals surface area contributed by atoms with Gasteiger partial charge in [-0.15, -0.1) is 0 Å². The predicted octanol–water partition coefficient (Wildman–Crippen LogP) is 4.15. The zero-order chi connectivity index (χ0) is 23.0. The molecule has 1 amide bonds. The summed E-state index contributed by atoms with van der Waals surface area (Å²) in [6.07, 6.45) is 1.43. The number of carbonyl (C=O) groups is 1. The van der Waals surface area contributed by atoms with Crippen LogP contribution in [-0.2, 0) is 4.79 Å². The molecule has 1 aliphatic heterocycles. The van der Waals surface area contributed by atoms with Crippen LogP contribution in [0.25, 0.3) is 0 Å². The molecule has 33 heavy (non-hydrogen) atoms.